The van der Waals surface area contributed by atoms with Gasteiger partial charge < -0.3 is 20.7 Å². The number of carbonyl (C=O) groups excluding carboxylic acids is 2. The van der Waals surface area contributed by atoms with E-state index in [1.165, 1.54) is 19.1 Å². The van der Waals surface area contributed by atoms with Crippen molar-refractivity contribution in [3.05, 3.63) is 54.1 Å². The molecule has 3 N–H and O–H groups in total. The van der Waals surface area contributed by atoms with Crippen molar-refractivity contribution in [2.45, 2.75) is 13.1 Å². The van der Waals surface area contributed by atoms with Crippen LogP contribution in [0.2, 0.25) is 0 Å². The van der Waals surface area contributed by atoms with Gasteiger partial charge in [0, 0.05) is 18.7 Å². The monoisotopic (exact) mass is 405 g/mol. The van der Waals surface area contributed by atoms with E-state index in [0.29, 0.717) is 11.4 Å². The number of carbonyl (C=O) groups is 2. The van der Waals surface area contributed by atoms with Crippen molar-refractivity contribution in [3.8, 4) is 17.6 Å². The van der Waals surface area contributed by atoms with Gasteiger partial charge in [-0.25, -0.2) is 4.79 Å². The summed E-state index contributed by atoms with van der Waals surface area (Å²) in [5, 5.41) is 7.12. The Bertz CT molecular complexity index is 934. The number of nitrogens with one attached hydrogen (secondary N) is 3. The smallest absolute Gasteiger partial charge is 0.418 e. The molecule has 0 bridgehead atoms. The standard InChI is InChI=1S/C20H18F3N3O3/c1-14(27)25-15-7-6-8-16(13-15)29-12-5-4-11-24-19(28)26-18-10-3-2-9-17(18)20(21,22)23/h2-3,6-10,13H,11-12H2,1H3,(H,25,27)(H2,24,26,28). The van der Waals surface area contributed by atoms with Crippen LogP contribution in [-0.4, -0.2) is 25.1 Å². The van der Waals surface area contributed by atoms with Gasteiger partial charge >= 0.3 is 12.2 Å². The second-order valence-electron chi connectivity index (χ2n) is 5.70. The molecule has 0 spiro atoms. The SMILES string of the molecule is CC(=O)Nc1cccc(OCC#CCNC(=O)Nc2ccccc2C(F)(F)F)c1. The van der Waals surface area contributed by atoms with Crippen molar-refractivity contribution in [1.29, 1.82) is 0 Å². The van der Waals surface area contributed by atoms with Crippen molar-refractivity contribution in [2.75, 3.05) is 23.8 Å². The highest BCUT2D eigenvalue weighted by Crippen LogP contribution is 2.34. The summed E-state index contributed by atoms with van der Waals surface area (Å²) in [6, 6.07) is 10.6. The normalized spacial score (nSPS) is 10.3. The fourth-order valence-corrected chi connectivity index (χ4v) is 2.23. The van der Waals surface area contributed by atoms with Crippen LogP contribution in [0.5, 0.6) is 5.75 Å². The molecule has 0 heterocycles. The number of urea groups is 1. The molecule has 152 valence electrons. The van der Waals surface area contributed by atoms with Crippen molar-refractivity contribution < 1.29 is 27.5 Å². The van der Waals surface area contributed by atoms with E-state index in [1.807, 2.05) is 0 Å². The van der Waals surface area contributed by atoms with E-state index in [4.69, 9.17) is 4.74 Å². The van der Waals surface area contributed by atoms with Gasteiger partial charge in [-0.3, -0.25) is 4.79 Å². The largest absolute Gasteiger partial charge is 0.481 e. The lowest BCUT2D eigenvalue weighted by molar-refractivity contribution is -0.136. The van der Waals surface area contributed by atoms with Crippen molar-refractivity contribution in [3.63, 3.8) is 0 Å². The van der Waals surface area contributed by atoms with Crippen molar-refractivity contribution in [1.82, 2.24) is 5.32 Å². The lowest BCUT2D eigenvalue weighted by atomic mass is 10.1. The summed E-state index contributed by atoms with van der Waals surface area (Å²) in [5.41, 5.74) is -0.690. The molecule has 0 unspecified atom stereocenters. The van der Waals surface area contributed by atoms with Gasteiger partial charge in [-0.15, -0.1) is 0 Å². The molecular formula is C20H18F3N3O3. The molecule has 2 aromatic rings. The maximum Gasteiger partial charge on any atom is 0.418 e. The Balaban J connectivity index is 1.78. The molecule has 0 fully saturated rings. The molecule has 2 rings (SSSR count). The minimum absolute atomic E-state index is 0.0315. The minimum atomic E-state index is -4.57. The van der Waals surface area contributed by atoms with Crippen LogP contribution in [0, 0.1) is 11.8 Å². The summed E-state index contributed by atoms with van der Waals surface area (Å²) >= 11 is 0. The van der Waals surface area contributed by atoms with Crippen LogP contribution in [0.4, 0.5) is 29.3 Å². The topological polar surface area (TPSA) is 79.5 Å². The highest BCUT2D eigenvalue weighted by Gasteiger charge is 2.33. The first-order valence-electron chi connectivity index (χ1n) is 8.43. The zero-order chi connectivity index (χ0) is 21.3. The zero-order valence-corrected chi connectivity index (χ0v) is 15.4. The molecule has 0 saturated carbocycles. The summed E-state index contributed by atoms with van der Waals surface area (Å²) in [6.45, 7) is 1.35. The average molecular weight is 405 g/mol. The number of anilines is 2. The Morgan fingerprint density at radius 2 is 1.79 bits per heavy atom. The summed E-state index contributed by atoms with van der Waals surface area (Å²) in [6.07, 6.45) is -4.57. The van der Waals surface area contributed by atoms with Crippen LogP contribution in [0.3, 0.4) is 0 Å². The first-order chi connectivity index (χ1) is 13.8. The van der Waals surface area contributed by atoms with Crippen LogP contribution >= 0.6 is 0 Å². The number of hydrogen-bond donors (Lipinski definition) is 3. The number of amides is 3. The van der Waals surface area contributed by atoms with Gasteiger partial charge in [-0.1, -0.05) is 30.0 Å². The van der Waals surface area contributed by atoms with Gasteiger partial charge in [0.05, 0.1) is 17.8 Å². The third-order valence-corrected chi connectivity index (χ3v) is 3.41. The maximum atomic E-state index is 12.9. The molecule has 0 saturated heterocycles. The number of para-hydroxylation sites is 1. The molecule has 6 nitrogen and oxygen atoms in total. The first-order valence-corrected chi connectivity index (χ1v) is 8.43. The lowest BCUT2D eigenvalue weighted by Crippen LogP contribution is -2.30. The van der Waals surface area contributed by atoms with Crippen LogP contribution in [-0.2, 0) is 11.0 Å². The number of ether oxygens (including phenoxy) is 1. The van der Waals surface area contributed by atoms with E-state index in [-0.39, 0.29) is 24.7 Å². The number of benzene rings is 2. The van der Waals surface area contributed by atoms with E-state index < -0.39 is 17.8 Å². The van der Waals surface area contributed by atoms with Crippen molar-refractivity contribution >= 4 is 23.3 Å². The Morgan fingerprint density at radius 1 is 1.03 bits per heavy atom. The molecule has 0 radical (unpaired) electrons. The van der Waals surface area contributed by atoms with E-state index in [0.717, 1.165) is 12.1 Å². The molecule has 3 amide bonds. The molecule has 0 atom stereocenters. The highest BCUT2D eigenvalue weighted by atomic mass is 19.4. The second kappa shape index (κ2) is 10.0. The van der Waals surface area contributed by atoms with Crippen LogP contribution in [0.1, 0.15) is 12.5 Å². The molecule has 0 aliphatic carbocycles. The van der Waals surface area contributed by atoms with Gasteiger partial charge in [-0.05, 0) is 24.3 Å². The Hall–Kier alpha value is -3.67. The number of rotatable bonds is 5. The lowest BCUT2D eigenvalue weighted by Gasteiger charge is -2.13. The van der Waals surface area contributed by atoms with Gasteiger partial charge in [0.15, 0.2) is 0 Å². The number of alkyl halides is 3. The molecule has 0 aliphatic rings. The maximum absolute atomic E-state index is 12.9. The van der Waals surface area contributed by atoms with E-state index in [2.05, 4.69) is 27.8 Å². The third-order valence-electron chi connectivity index (χ3n) is 3.41. The van der Waals surface area contributed by atoms with Gasteiger partial charge in [0.1, 0.15) is 12.4 Å². The Labute approximate surface area is 165 Å². The average Bonchev–Trinajstić information content (AvgIpc) is 2.64. The van der Waals surface area contributed by atoms with Crippen LogP contribution in [0.25, 0.3) is 0 Å². The number of hydrogen-bond acceptors (Lipinski definition) is 3. The second-order valence-corrected chi connectivity index (χ2v) is 5.70. The zero-order valence-electron chi connectivity index (χ0n) is 15.4. The van der Waals surface area contributed by atoms with E-state index in [1.54, 1.807) is 24.3 Å². The first kappa shape index (κ1) is 21.6. The summed E-state index contributed by atoms with van der Waals surface area (Å²) in [4.78, 5) is 22.8. The fraction of sp³-hybridized carbons (Fsp3) is 0.200. The molecule has 0 aliphatic heterocycles. The quantitative estimate of drug-likeness (QED) is 0.661. The van der Waals surface area contributed by atoms with Gasteiger partial charge in [-0.2, -0.15) is 13.2 Å². The molecule has 29 heavy (non-hydrogen) atoms. The predicted octanol–water partition coefficient (Wildman–Crippen LogP) is 3.87. The summed E-state index contributed by atoms with van der Waals surface area (Å²) in [7, 11) is 0. The predicted molar refractivity (Wildman–Crippen MR) is 102 cm³/mol. The van der Waals surface area contributed by atoms with Gasteiger partial charge in [0.2, 0.25) is 5.91 Å². The third kappa shape index (κ3) is 7.46. The van der Waals surface area contributed by atoms with E-state index >= 15 is 0 Å². The Morgan fingerprint density at radius 3 is 2.52 bits per heavy atom. The molecule has 2 aromatic carbocycles. The highest BCUT2D eigenvalue weighted by molar-refractivity contribution is 5.90. The molecular weight excluding hydrogens is 387 g/mol. The number of halogens is 3. The Kier molecular flexibility index (Phi) is 7.48. The van der Waals surface area contributed by atoms with E-state index in [9.17, 15) is 22.8 Å². The summed E-state index contributed by atoms with van der Waals surface area (Å²) in [5.74, 6) is 5.59. The van der Waals surface area contributed by atoms with Crippen LogP contribution in [0.15, 0.2) is 48.5 Å². The van der Waals surface area contributed by atoms with Crippen molar-refractivity contribution in [2.24, 2.45) is 0 Å². The van der Waals surface area contributed by atoms with Gasteiger partial charge in [0.25, 0.3) is 0 Å². The minimum Gasteiger partial charge on any atom is -0.481 e. The van der Waals surface area contributed by atoms with Crippen LogP contribution < -0.4 is 20.7 Å². The molecule has 9 heteroatoms. The molecule has 0 aromatic heterocycles. The fourth-order valence-electron chi connectivity index (χ4n) is 2.23. The summed E-state index contributed by atoms with van der Waals surface area (Å²) < 4.78 is 44.1.